The molecule has 2 nitrogen and oxygen atoms in total. The van der Waals surface area contributed by atoms with Crippen LogP contribution in [0.5, 0.6) is 0 Å². The van der Waals surface area contributed by atoms with Crippen LogP contribution < -0.4 is 20.2 Å². The molecule has 0 heterocycles. The summed E-state index contributed by atoms with van der Waals surface area (Å²) >= 11 is 0. The standard InChI is InChI=1S/C54H54N2Si2/c1-35-15-11-19-39(27-35)55(40-20-12-16-36(2)28-40)51-25-23-45-48-32-44(58(8,9)10)34-50-52(56(41-21-13-17-37(3)29-41)42-22-14-18-38(4)30-42)26-24-46(54(48)50)47-31-43(57(5,6)7)33-49(51)53(45)47/h11-34H,1-10H3. The Bertz CT molecular complexity index is 2740. The predicted molar refractivity (Wildman–Crippen MR) is 262 cm³/mol. The van der Waals surface area contributed by atoms with Gasteiger partial charge in [-0.1, -0.05) is 135 Å². The van der Waals surface area contributed by atoms with Crippen LogP contribution in [-0.4, -0.2) is 16.1 Å². The Balaban J connectivity index is 1.45. The van der Waals surface area contributed by atoms with E-state index in [1.165, 1.54) is 110 Å². The van der Waals surface area contributed by atoms with Crippen molar-refractivity contribution in [3.05, 3.63) is 168 Å². The molecule has 9 aromatic rings. The van der Waals surface area contributed by atoms with Gasteiger partial charge in [-0.3, -0.25) is 0 Å². The van der Waals surface area contributed by atoms with E-state index in [0.29, 0.717) is 0 Å². The number of fused-ring (bicyclic) bond motifs is 2. The highest BCUT2D eigenvalue weighted by molar-refractivity contribution is 6.89. The summed E-state index contributed by atoms with van der Waals surface area (Å²) in [5.74, 6) is 0. The van der Waals surface area contributed by atoms with Gasteiger partial charge in [0, 0.05) is 33.5 Å². The number of hydrogen-bond donors (Lipinski definition) is 0. The van der Waals surface area contributed by atoms with Gasteiger partial charge in [0.1, 0.15) is 0 Å². The maximum atomic E-state index is 2.56. The number of hydrogen-bond acceptors (Lipinski definition) is 2. The van der Waals surface area contributed by atoms with Gasteiger partial charge >= 0.3 is 0 Å². The van der Waals surface area contributed by atoms with Crippen molar-refractivity contribution in [2.75, 3.05) is 9.80 Å². The van der Waals surface area contributed by atoms with Gasteiger partial charge < -0.3 is 9.80 Å². The Labute approximate surface area is 346 Å². The van der Waals surface area contributed by atoms with Gasteiger partial charge in [0.2, 0.25) is 0 Å². The quantitative estimate of drug-likeness (QED) is 0.0860. The lowest BCUT2D eigenvalue weighted by atomic mass is 9.88. The molecule has 0 fully saturated rings. The summed E-state index contributed by atoms with van der Waals surface area (Å²) in [6.45, 7) is 23.7. The van der Waals surface area contributed by atoms with Crippen LogP contribution in [0.3, 0.4) is 0 Å². The van der Waals surface area contributed by atoms with Crippen molar-refractivity contribution in [2.45, 2.75) is 67.0 Å². The fraction of sp³-hybridized carbons (Fsp3) is 0.185. The lowest BCUT2D eigenvalue weighted by Crippen LogP contribution is -2.37. The molecular weight excluding hydrogens is 733 g/mol. The van der Waals surface area contributed by atoms with Crippen molar-refractivity contribution in [1.29, 1.82) is 0 Å². The smallest absolute Gasteiger partial charge is 0.0776 e. The molecule has 0 aliphatic heterocycles. The van der Waals surface area contributed by atoms with Crippen LogP contribution in [0.1, 0.15) is 22.3 Å². The van der Waals surface area contributed by atoms with E-state index in [2.05, 4.69) is 222 Å². The third-order valence-electron chi connectivity index (χ3n) is 12.0. The van der Waals surface area contributed by atoms with Gasteiger partial charge in [-0.2, -0.15) is 0 Å². The van der Waals surface area contributed by atoms with Crippen LogP contribution in [0, 0.1) is 27.7 Å². The van der Waals surface area contributed by atoms with Crippen molar-refractivity contribution in [3.63, 3.8) is 0 Å². The molecular formula is C54H54N2Si2. The molecule has 0 saturated carbocycles. The van der Waals surface area contributed by atoms with Gasteiger partial charge in [0.15, 0.2) is 0 Å². The first kappa shape index (κ1) is 37.9. The second-order valence-electron chi connectivity index (χ2n) is 18.7. The molecule has 0 spiro atoms. The zero-order chi connectivity index (χ0) is 40.7. The topological polar surface area (TPSA) is 6.48 Å². The van der Waals surface area contributed by atoms with E-state index in [1.807, 2.05) is 0 Å². The first-order chi connectivity index (χ1) is 27.7. The summed E-state index contributed by atoms with van der Waals surface area (Å²) < 4.78 is 0. The van der Waals surface area contributed by atoms with Crippen molar-refractivity contribution in [1.82, 2.24) is 0 Å². The normalized spacial score (nSPS) is 12.3. The molecule has 9 rings (SSSR count). The SMILES string of the molecule is Cc1cccc(N(c2cccc(C)c2)c2ccc3c4cc([Si](C)(C)C)cc5c(N(c6cccc(C)c6)c6cccc(C)c6)ccc(c6cc([Si](C)(C)C)cc2c36)c54)c1. The van der Waals surface area contributed by atoms with E-state index in [0.717, 1.165) is 0 Å². The number of aryl methyl sites for hydroxylation is 4. The summed E-state index contributed by atoms with van der Waals surface area (Å²) in [5, 5.41) is 13.7. The van der Waals surface area contributed by atoms with E-state index in [-0.39, 0.29) is 0 Å². The molecule has 0 aliphatic carbocycles. The summed E-state index contributed by atoms with van der Waals surface area (Å²) in [4.78, 5) is 4.98. The largest absolute Gasteiger partial charge is 0.310 e. The highest BCUT2D eigenvalue weighted by Crippen LogP contribution is 2.49. The van der Waals surface area contributed by atoms with E-state index in [1.54, 1.807) is 0 Å². The van der Waals surface area contributed by atoms with Crippen LogP contribution in [0.4, 0.5) is 34.1 Å². The van der Waals surface area contributed by atoms with Gasteiger partial charge in [-0.25, -0.2) is 0 Å². The Morgan fingerprint density at radius 3 is 0.879 bits per heavy atom. The van der Waals surface area contributed by atoms with E-state index >= 15 is 0 Å². The highest BCUT2D eigenvalue weighted by Gasteiger charge is 2.28. The lowest BCUT2D eigenvalue weighted by molar-refractivity contribution is 1.27. The average Bonchev–Trinajstić information content (AvgIpc) is 3.17. The minimum Gasteiger partial charge on any atom is -0.310 e. The Hall–Kier alpha value is -5.69. The molecule has 9 aromatic carbocycles. The molecule has 0 unspecified atom stereocenters. The molecule has 0 aromatic heterocycles. The molecule has 4 heteroatoms. The van der Waals surface area contributed by atoms with Gasteiger partial charge in [0.25, 0.3) is 0 Å². The summed E-state index contributed by atoms with van der Waals surface area (Å²) in [7, 11) is -3.57. The summed E-state index contributed by atoms with van der Waals surface area (Å²) in [6, 6.07) is 55.8. The van der Waals surface area contributed by atoms with Crippen LogP contribution in [0.15, 0.2) is 146 Å². The molecule has 0 atom stereocenters. The number of nitrogens with zero attached hydrogens (tertiary/aromatic N) is 2. The third kappa shape index (κ3) is 6.58. The Morgan fingerprint density at radius 2 is 0.603 bits per heavy atom. The molecule has 58 heavy (non-hydrogen) atoms. The Morgan fingerprint density at radius 1 is 0.310 bits per heavy atom. The maximum Gasteiger partial charge on any atom is 0.0776 e. The zero-order valence-corrected chi connectivity index (χ0v) is 37.8. The number of rotatable bonds is 8. The minimum absolute atomic E-state index is 1.18. The van der Waals surface area contributed by atoms with E-state index in [4.69, 9.17) is 0 Å². The van der Waals surface area contributed by atoms with E-state index in [9.17, 15) is 0 Å². The van der Waals surface area contributed by atoms with Crippen molar-refractivity contribution < 1.29 is 0 Å². The number of anilines is 6. The van der Waals surface area contributed by atoms with Crippen LogP contribution >= 0.6 is 0 Å². The third-order valence-corrected chi connectivity index (χ3v) is 16.1. The van der Waals surface area contributed by atoms with Crippen molar-refractivity contribution >= 4 is 104 Å². The maximum absolute atomic E-state index is 2.56. The first-order valence-electron chi connectivity index (χ1n) is 20.8. The second-order valence-corrected chi connectivity index (χ2v) is 28.8. The van der Waals surface area contributed by atoms with Crippen LogP contribution in [-0.2, 0) is 0 Å². The lowest BCUT2D eigenvalue weighted by Gasteiger charge is -2.31. The monoisotopic (exact) mass is 786 g/mol. The molecule has 0 amide bonds. The highest BCUT2D eigenvalue weighted by atomic mass is 28.3. The molecule has 0 radical (unpaired) electrons. The van der Waals surface area contributed by atoms with Crippen LogP contribution in [0.2, 0.25) is 39.3 Å². The number of benzene rings is 9. The zero-order valence-electron chi connectivity index (χ0n) is 35.8. The van der Waals surface area contributed by atoms with E-state index < -0.39 is 16.1 Å². The minimum atomic E-state index is -1.78. The molecule has 0 saturated heterocycles. The first-order valence-corrected chi connectivity index (χ1v) is 27.8. The van der Waals surface area contributed by atoms with Crippen LogP contribution in [0.25, 0.3) is 43.1 Å². The van der Waals surface area contributed by atoms with Gasteiger partial charge in [-0.15, -0.1) is 0 Å². The van der Waals surface area contributed by atoms with Gasteiger partial charge in [0.05, 0.1) is 27.5 Å². The summed E-state index contributed by atoms with van der Waals surface area (Å²) in [5.41, 5.74) is 12.2. The Kier molecular flexibility index (Phi) is 9.14. The van der Waals surface area contributed by atoms with Crippen molar-refractivity contribution in [2.24, 2.45) is 0 Å². The molecule has 0 N–H and O–H groups in total. The summed E-state index contributed by atoms with van der Waals surface area (Å²) in [6.07, 6.45) is 0. The van der Waals surface area contributed by atoms with Crippen molar-refractivity contribution in [3.8, 4) is 0 Å². The predicted octanol–water partition coefficient (Wildman–Crippen LogP) is 15.0. The second kappa shape index (κ2) is 14.0. The fourth-order valence-corrected chi connectivity index (χ4v) is 11.3. The van der Waals surface area contributed by atoms with Gasteiger partial charge in [-0.05, 0) is 143 Å². The molecule has 288 valence electrons. The average molecular weight is 787 g/mol. The molecule has 0 aliphatic rings. The fourth-order valence-electron chi connectivity index (χ4n) is 8.99. The molecule has 0 bridgehead atoms.